The molecule has 3 aromatic rings. The zero-order valence-corrected chi connectivity index (χ0v) is 20.3. The number of rotatable bonds is 8. The summed E-state index contributed by atoms with van der Waals surface area (Å²) in [4.78, 5) is 17.0. The highest BCUT2D eigenvalue weighted by Crippen LogP contribution is 2.19. The average Bonchev–Trinajstić information content (AvgIpc) is 2.88. The van der Waals surface area contributed by atoms with E-state index in [1.54, 1.807) is 31.4 Å². The first-order valence-corrected chi connectivity index (χ1v) is 12.9. The van der Waals surface area contributed by atoms with Gasteiger partial charge < -0.3 is 9.64 Å². The number of sulfonamides is 1. The first kappa shape index (κ1) is 24.7. The van der Waals surface area contributed by atoms with Crippen LogP contribution >= 0.6 is 0 Å². The monoisotopic (exact) mass is 497 g/mol. The second kappa shape index (κ2) is 10.9. The summed E-state index contributed by atoms with van der Waals surface area (Å²) in [6.07, 6.45) is 0.938. The summed E-state index contributed by atoms with van der Waals surface area (Å²) in [6.45, 7) is 3.81. The van der Waals surface area contributed by atoms with Gasteiger partial charge in [-0.1, -0.05) is 12.1 Å². The zero-order chi connectivity index (χ0) is 24.8. The van der Waals surface area contributed by atoms with Crippen molar-refractivity contribution in [2.45, 2.75) is 11.3 Å². The van der Waals surface area contributed by atoms with Gasteiger partial charge in [-0.05, 0) is 72.6 Å². The Morgan fingerprint density at radius 2 is 1.54 bits per heavy atom. The molecule has 35 heavy (non-hydrogen) atoms. The third-order valence-electron chi connectivity index (χ3n) is 6.04. The van der Waals surface area contributed by atoms with Gasteiger partial charge in [0.25, 0.3) is 15.9 Å². The van der Waals surface area contributed by atoms with Gasteiger partial charge in [-0.25, -0.2) is 12.8 Å². The van der Waals surface area contributed by atoms with E-state index < -0.39 is 15.8 Å². The minimum absolute atomic E-state index is 0.0380. The fraction of sp³-hybridized carbons (Fsp3) is 0.269. The van der Waals surface area contributed by atoms with Crippen LogP contribution in [0.1, 0.15) is 15.9 Å². The number of anilines is 1. The van der Waals surface area contributed by atoms with Crippen LogP contribution < -0.4 is 9.46 Å². The number of benzene rings is 3. The van der Waals surface area contributed by atoms with Crippen molar-refractivity contribution in [1.82, 2.24) is 9.80 Å². The van der Waals surface area contributed by atoms with Gasteiger partial charge in [0.1, 0.15) is 11.6 Å². The van der Waals surface area contributed by atoms with Crippen molar-refractivity contribution in [3.8, 4) is 5.75 Å². The molecule has 1 fully saturated rings. The van der Waals surface area contributed by atoms with Crippen LogP contribution in [0.2, 0.25) is 0 Å². The quantitative estimate of drug-likeness (QED) is 0.514. The van der Waals surface area contributed by atoms with Gasteiger partial charge in [0, 0.05) is 44.0 Å². The molecule has 1 aliphatic heterocycles. The fourth-order valence-electron chi connectivity index (χ4n) is 3.95. The Balaban J connectivity index is 1.27. The molecule has 0 bridgehead atoms. The summed E-state index contributed by atoms with van der Waals surface area (Å²) in [6, 6.07) is 19.0. The Kier molecular flexibility index (Phi) is 7.67. The highest BCUT2D eigenvalue weighted by molar-refractivity contribution is 7.92. The molecule has 4 rings (SSSR count). The van der Waals surface area contributed by atoms with E-state index in [4.69, 9.17) is 4.74 Å². The largest absolute Gasteiger partial charge is 0.497 e. The molecule has 0 saturated carbocycles. The maximum Gasteiger partial charge on any atom is 0.261 e. The van der Waals surface area contributed by atoms with Crippen LogP contribution in [0.25, 0.3) is 0 Å². The number of methoxy groups -OCH3 is 1. The van der Waals surface area contributed by atoms with Crippen LogP contribution in [0.15, 0.2) is 77.7 Å². The normalized spacial score (nSPS) is 14.5. The number of ether oxygens (including phenoxy) is 1. The smallest absolute Gasteiger partial charge is 0.261 e. The number of nitrogens with one attached hydrogen (secondary N) is 1. The summed E-state index contributed by atoms with van der Waals surface area (Å²) in [5.41, 5.74) is 2.08. The molecule has 3 aromatic carbocycles. The van der Waals surface area contributed by atoms with Crippen molar-refractivity contribution in [1.29, 1.82) is 0 Å². The van der Waals surface area contributed by atoms with Crippen molar-refractivity contribution in [3.63, 3.8) is 0 Å². The lowest BCUT2D eigenvalue weighted by molar-refractivity contribution is 0.0638. The molecule has 1 saturated heterocycles. The van der Waals surface area contributed by atoms with E-state index in [0.717, 1.165) is 43.9 Å². The van der Waals surface area contributed by atoms with E-state index in [0.29, 0.717) is 24.3 Å². The van der Waals surface area contributed by atoms with Gasteiger partial charge in [-0.2, -0.15) is 0 Å². The van der Waals surface area contributed by atoms with Gasteiger partial charge >= 0.3 is 0 Å². The average molecular weight is 498 g/mol. The number of amides is 1. The van der Waals surface area contributed by atoms with E-state index in [-0.39, 0.29) is 10.8 Å². The molecule has 7 nitrogen and oxygen atoms in total. The van der Waals surface area contributed by atoms with Gasteiger partial charge in [0.05, 0.1) is 12.0 Å². The molecule has 1 amide bonds. The highest BCUT2D eigenvalue weighted by Gasteiger charge is 2.22. The fourth-order valence-corrected chi connectivity index (χ4v) is 5.00. The van der Waals surface area contributed by atoms with E-state index >= 15 is 0 Å². The number of piperazine rings is 1. The summed E-state index contributed by atoms with van der Waals surface area (Å²) in [5.74, 6) is 0.261. The van der Waals surface area contributed by atoms with E-state index in [1.807, 2.05) is 17.0 Å². The number of hydrogen-bond acceptors (Lipinski definition) is 5. The van der Waals surface area contributed by atoms with E-state index in [9.17, 15) is 17.6 Å². The van der Waals surface area contributed by atoms with E-state index in [2.05, 4.69) is 21.8 Å². The van der Waals surface area contributed by atoms with Crippen LogP contribution in [-0.4, -0.2) is 64.0 Å². The summed E-state index contributed by atoms with van der Waals surface area (Å²) >= 11 is 0. The van der Waals surface area contributed by atoms with Crippen molar-refractivity contribution in [2.24, 2.45) is 0 Å². The Morgan fingerprint density at radius 3 is 2.14 bits per heavy atom. The summed E-state index contributed by atoms with van der Waals surface area (Å²) in [7, 11) is -2.19. The van der Waals surface area contributed by atoms with E-state index in [1.165, 1.54) is 17.7 Å². The van der Waals surface area contributed by atoms with Crippen LogP contribution in [0.3, 0.4) is 0 Å². The molecule has 1 heterocycles. The molecule has 0 aliphatic carbocycles. The van der Waals surface area contributed by atoms with Gasteiger partial charge in [0.2, 0.25) is 0 Å². The number of hydrogen-bond donors (Lipinski definition) is 1. The van der Waals surface area contributed by atoms with Gasteiger partial charge in [0.15, 0.2) is 0 Å². The lowest BCUT2D eigenvalue weighted by atomic mass is 10.1. The van der Waals surface area contributed by atoms with Crippen LogP contribution in [0.4, 0.5) is 10.1 Å². The molecule has 0 radical (unpaired) electrons. The first-order valence-electron chi connectivity index (χ1n) is 11.4. The summed E-state index contributed by atoms with van der Waals surface area (Å²) in [5, 5.41) is 0. The lowest BCUT2D eigenvalue weighted by Gasteiger charge is -2.34. The third kappa shape index (κ3) is 6.37. The molecule has 9 heteroatoms. The van der Waals surface area contributed by atoms with Crippen molar-refractivity contribution in [3.05, 3.63) is 89.7 Å². The molecule has 0 atom stereocenters. The maximum atomic E-state index is 13.1. The maximum absolute atomic E-state index is 13.1. The molecule has 0 aromatic heterocycles. The lowest BCUT2D eigenvalue weighted by Crippen LogP contribution is -2.49. The van der Waals surface area contributed by atoms with Gasteiger partial charge in [-0.15, -0.1) is 0 Å². The van der Waals surface area contributed by atoms with Crippen LogP contribution in [0.5, 0.6) is 5.75 Å². The predicted octanol–water partition coefficient (Wildman–Crippen LogP) is 3.64. The molecule has 184 valence electrons. The van der Waals surface area contributed by atoms with Crippen molar-refractivity contribution in [2.75, 3.05) is 44.6 Å². The minimum atomic E-state index is -3.84. The number of halogens is 1. The predicted molar refractivity (Wildman–Crippen MR) is 133 cm³/mol. The second-order valence-corrected chi connectivity index (χ2v) is 10.1. The molecule has 1 aliphatic rings. The third-order valence-corrected chi connectivity index (χ3v) is 7.44. The molecular weight excluding hydrogens is 469 g/mol. The molecular formula is C26H28FN3O4S. The number of nitrogens with zero attached hydrogens (tertiary/aromatic N) is 2. The SMILES string of the molecule is COc1ccc(CCN2CCN(C(=O)c3ccc(NS(=O)(=O)c4ccc(F)cc4)cc3)CC2)cc1. The highest BCUT2D eigenvalue weighted by atomic mass is 32.2. The Labute approximate surface area is 205 Å². The minimum Gasteiger partial charge on any atom is -0.497 e. The number of carbonyl (C=O) groups excluding carboxylic acids is 1. The topological polar surface area (TPSA) is 79.0 Å². The summed E-state index contributed by atoms with van der Waals surface area (Å²) < 4.78 is 45.6. The van der Waals surface area contributed by atoms with Crippen molar-refractivity contribution < 1.29 is 22.3 Å². The molecule has 0 spiro atoms. The standard InChI is InChI=1S/C26H28FN3O4S/c1-34-24-10-2-20(3-11-24)14-15-29-16-18-30(19-17-29)26(31)21-4-8-23(9-5-21)28-35(32,33)25-12-6-22(27)7-13-25/h2-13,28H,14-19H2,1H3. The van der Waals surface area contributed by atoms with Crippen molar-refractivity contribution >= 4 is 21.6 Å². The molecule has 0 unspecified atom stereocenters. The van der Waals surface area contributed by atoms with Crippen LogP contribution in [-0.2, 0) is 16.4 Å². The Hall–Kier alpha value is -3.43. The second-order valence-electron chi connectivity index (χ2n) is 8.37. The zero-order valence-electron chi connectivity index (χ0n) is 19.5. The number of carbonyl (C=O) groups is 1. The Bertz CT molecular complexity index is 1240. The van der Waals surface area contributed by atoms with Gasteiger partial charge in [-0.3, -0.25) is 14.4 Å². The van der Waals surface area contributed by atoms with Crippen LogP contribution in [0, 0.1) is 5.82 Å². The Morgan fingerprint density at radius 1 is 0.914 bits per heavy atom. The molecule has 1 N–H and O–H groups in total. The first-order chi connectivity index (χ1) is 16.8.